The highest BCUT2D eigenvalue weighted by atomic mass is 35.5. The van der Waals surface area contributed by atoms with E-state index in [1.807, 2.05) is 0 Å². The van der Waals surface area contributed by atoms with Crippen LogP contribution in [0.3, 0.4) is 0 Å². The number of anilines is 1. The summed E-state index contributed by atoms with van der Waals surface area (Å²) in [7, 11) is 0. The minimum absolute atomic E-state index is 0. The molecule has 1 saturated heterocycles. The summed E-state index contributed by atoms with van der Waals surface area (Å²) in [6, 6.07) is 4.70. The summed E-state index contributed by atoms with van der Waals surface area (Å²) >= 11 is 0. The van der Waals surface area contributed by atoms with Crippen LogP contribution in [-0.4, -0.2) is 37.2 Å². The number of fused-ring (bicyclic) bond motifs is 1. The second kappa shape index (κ2) is 6.41. The first kappa shape index (κ1) is 15.1. The number of amides is 1. The normalized spacial score (nSPS) is 19.1. The number of nitrogens with zero attached hydrogens (tertiary/aromatic N) is 2. The van der Waals surface area contributed by atoms with Crippen molar-refractivity contribution in [1.82, 2.24) is 4.90 Å². The Bertz CT molecular complexity index is 492. The third-order valence-electron chi connectivity index (χ3n) is 3.67. The van der Waals surface area contributed by atoms with Crippen molar-refractivity contribution in [2.45, 2.75) is 19.3 Å². The van der Waals surface area contributed by atoms with Crippen LogP contribution in [0, 0.1) is 5.82 Å². The molecule has 0 saturated carbocycles. The van der Waals surface area contributed by atoms with Gasteiger partial charge in [0.05, 0.1) is 12.4 Å². The van der Waals surface area contributed by atoms with E-state index in [-0.39, 0.29) is 30.7 Å². The molecule has 110 valence electrons. The van der Waals surface area contributed by atoms with Crippen molar-refractivity contribution in [3.05, 3.63) is 24.0 Å². The highest BCUT2D eigenvalue weighted by molar-refractivity contribution is 5.97. The van der Waals surface area contributed by atoms with Crippen molar-refractivity contribution in [1.29, 1.82) is 0 Å². The summed E-state index contributed by atoms with van der Waals surface area (Å²) in [4.78, 5) is 15.9. The van der Waals surface area contributed by atoms with Gasteiger partial charge in [-0.2, -0.15) is 0 Å². The molecule has 6 heteroatoms. The summed E-state index contributed by atoms with van der Waals surface area (Å²) in [6.45, 7) is 2.44. The van der Waals surface area contributed by atoms with Gasteiger partial charge in [-0.15, -0.1) is 12.4 Å². The molecule has 2 heterocycles. The standard InChI is InChI=1S/C14H17FN2O2.ClH/c15-11-5-4-6-12-14(11)19-9-13(18)17(12)10-16-7-2-1-3-8-16;/h4-6H,1-3,7-10H2;1H. The lowest BCUT2D eigenvalue weighted by Gasteiger charge is -2.35. The van der Waals surface area contributed by atoms with Gasteiger partial charge in [-0.05, 0) is 38.1 Å². The molecule has 1 amide bonds. The van der Waals surface area contributed by atoms with Crippen LogP contribution in [0.15, 0.2) is 18.2 Å². The first-order valence-electron chi connectivity index (χ1n) is 6.70. The maximum absolute atomic E-state index is 13.7. The monoisotopic (exact) mass is 300 g/mol. The molecule has 0 atom stereocenters. The molecule has 0 bridgehead atoms. The number of ether oxygens (including phenoxy) is 1. The number of rotatable bonds is 2. The number of hydrogen-bond acceptors (Lipinski definition) is 3. The molecule has 2 aliphatic heterocycles. The molecule has 0 aromatic heterocycles. The molecule has 20 heavy (non-hydrogen) atoms. The largest absolute Gasteiger partial charge is 0.478 e. The zero-order valence-electron chi connectivity index (χ0n) is 11.2. The van der Waals surface area contributed by atoms with Gasteiger partial charge in [0.1, 0.15) is 0 Å². The summed E-state index contributed by atoms with van der Waals surface area (Å²) in [5, 5.41) is 0. The van der Waals surface area contributed by atoms with Gasteiger partial charge in [0.15, 0.2) is 18.2 Å². The van der Waals surface area contributed by atoms with Crippen molar-refractivity contribution in [3.8, 4) is 5.75 Å². The molecule has 4 nitrogen and oxygen atoms in total. The van der Waals surface area contributed by atoms with E-state index in [4.69, 9.17) is 4.74 Å². The molecule has 0 aliphatic carbocycles. The second-order valence-corrected chi connectivity index (χ2v) is 5.02. The Labute approximate surface area is 123 Å². The number of carbonyl (C=O) groups excluding carboxylic acids is 1. The van der Waals surface area contributed by atoms with Crippen LogP contribution < -0.4 is 9.64 Å². The van der Waals surface area contributed by atoms with Gasteiger partial charge in [-0.3, -0.25) is 14.6 Å². The molecule has 1 aromatic rings. The average Bonchev–Trinajstić information content (AvgIpc) is 2.43. The number of para-hydroxylation sites is 1. The molecule has 0 N–H and O–H groups in total. The summed E-state index contributed by atoms with van der Waals surface area (Å²) in [5.41, 5.74) is 0.543. The minimum atomic E-state index is -0.409. The van der Waals surface area contributed by atoms with Gasteiger partial charge < -0.3 is 4.74 Å². The minimum Gasteiger partial charge on any atom is -0.478 e. The maximum atomic E-state index is 13.7. The van der Waals surface area contributed by atoms with Crippen molar-refractivity contribution in [2.75, 3.05) is 31.3 Å². The fourth-order valence-electron chi connectivity index (χ4n) is 2.65. The van der Waals surface area contributed by atoms with E-state index in [0.717, 1.165) is 25.9 Å². The first-order valence-corrected chi connectivity index (χ1v) is 6.70. The van der Waals surface area contributed by atoms with Crippen LogP contribution >= 0.6 is 12.4 Å². The van der Waals surface area contributed by atoms with Crippen molar-refractivity contribution in [3.63, 3.8) is 0 Å². The van der Waals surface area contributed by atoms with E-state index in [9.17, 15) is 9.18 Å². The van der Waals surface area contributed by atoms with Crippen molar-refractivity contribution >= 4 is 24.0 Å². The Morgan fingerprint density at radius 1 is 1.20 bits per heavy atom. The Balaban J connectivity index is 0.00000147. The average molecular weight is 301 g/mol. The van der Waals surface area contributed by atoms with Crippen LogP contribution in [0.2, 0.25) is 0 Å². The van der Waals surface area contributed by atoms with Crippen LogP contribution in [-0.2, 0) is 4.79 Å². The van der Waals surface area contributed by atoms with Crippen molar-refractivity contribution < 1.29 is 13.9 Å². The Kier molecular flexibility index (Phi) is 4.83. The van der Waals surface area contributed by atoms with Crippen LogP contribution in [0.5, 0.6) is 5.75 Å². The van der Waals surface area contributed by atoms with E-state index in [0.29, 0.717) is 12.4 Å². The quantitative estimate of drug-likeness (QED) is 0.841. The molecular weight excluding hydrogens is 283 g/mol. The molecule has 0 spiro atoms. The van der Waals surface area contributed by atoms with Gasteiger partial charge >= 0.3 is 0 Å². The molecule has 3 rings (SSSR count). The molecule has 0 unspecified atom stereocenters. The zero-order valence-corrected chi connectivity index (χ0v) is 12.0. The highest BCUT2D eigenvalue weighted by Gasteiger charge is 2.29. The Hall–Kier alpha value is -1.33. The maximum Gasteiger partial charge on any atom is 0.266 e. The van der Waals surface area contributed by atoms with E-state index in [2.05, 4.69) is 4.90 Å². The van der Waals surface area contributed by atoms with E-state index < -0.39 is 5.82 Å². The fraction of sp³-hybridized carbons (Fsp3) is 0.500. The smallest absolute Gasteiger partial charge is 0.266 e. The predicted molar refractivity (Wildman–Crippen MR) is 76.9 cm³/mol. The van der Waals surface area contributed by atoms with Crippen LogP contribution in [0.4, 0.5) is 10.1 Å². The molecule has 0 radical (unpaired) electrons. The highest BCUT2D eigenvalue weighted by Crippen LogP contribution is 2.34. The van der Waals surface area contributed by atoms with Gasteiger partial charge in [0, 0.05) is 0 Å². The van der Waals surface area contributed by atoms with Crippen LogP contribution in [0.1, 0.15) is 19.3 Å². The number of hydrogen-bond donors (Lipinski definition) is 0. The number of piperidine rings is 1. The SMILES string of the molecule is Cl.O=C1COc2c(F)cccc2N1CN1CCCCC1. The van der Waals surface area contributed by atoms with Gasteiger partial charge in [-0.25, -0.2) is 4.39 Å². The molecular formula is C14H18ClFN2O2. The number of halogens is 2. The number of likely N-dealkylation sites (tertiary alicyclic amines) is 1. The summed E-state index contributed by atoms with van der Waals surface area (Å²) in [6.07, 6.45) is 3.57. The second-order valence-electron chi connectivity index (χ2n) is 5.02. The zero-order chi connectivity index (χ0) is 13.2. The summed E-state index contributed by atoms with van der Waals surface area (Å²) in [5.74, 6) is -0.323. The van der Waals surface area contributed by atoms with Crippen molar-refractivity contribution in [2.24, 2.45) is 0 Å². The fourth-order valence-corrected chi connectivity index (χ4v) is 2.65. The van der Waals surface area contributed by atoms with Gasteiger partial charge in [-0.1, -0.05) is 12.5 Å². The summed E-state index contributed by atoms with van der Waals surface area (Å²) < 4.78 is 18.9. The lowest BCUT2D eigenvalue weighted by molar-refractivity contribution is -0.121. The molecule has 2 aliphatic rings. The van der Waals surface area contributed by atoms with E-state index in [1.165, 1.54) is 12.5 Å². The first-order chi connectivity index (χ1) is 9.25. The van der Waals surface area contributed by atoms with Crippen LogP contribution in [0.25, 0.3) is 0 Å². The van der Waals surface area contributed by atoms with Gasteiger partial charge in [0.25, 0.3) is 5.91 Å². The predicted octanol–water partition coefficient (Wildman–Crippen LogP) is 2.42. The third-order valence-corrected chi connectivity index (χ3v) is 3.67. The van der Waals surface area contributed by atoms with E-state index >= 15 is 0 Å². The lowest BCUT2D eigenvalue weighted by Crippen LogP contribution is -2.47. The number of carbonyl (C=O) groups is 1. The topological polar surface area (TPSA) is 32.8 Å². The van der Waals surface area contributed by atoms with Gasteiger partial charge in [0.2, 0.25) is 0 Å². The van der Waals surface area contributed by atoms with E-state index in [1.54, 1.807) is 17.0 Å². The molecule has 1 fully saturated rings. The Morgan fingerprint density at radius 2 is 1.95 bits per heavy atom. The number of benzene rings is 1. The molecule has 1 aromatic carbocycles. The lowest BCUT2D eigenvalue weighted by atomic mass is 10.1. The third kappa shape index (κ3) is 2.88. The Morgan fingerprint density at radius 3 is 2.70 bits per heavy atom.